The Balaban J connectivity index is 1.77. The molecular weight excluding hydrogens is 268 g/mol. The van der Waals surface area contributed by atoms with E-state index >= 15 is 0 Å². The van der Waals surface area contributed by atoms with Gasteiger partial charge in [0.2, 0.25) is 5.91 Å². The molecule has 0 spiro atoms. The van der Waals surface area contributed by atoms with Crippen LogP contribution in [0.25, 0.3) is 0 Å². The van der Waals surface area contributed by atoms with Gasteiger partial charge in [0.15, 0.2) is 0 Å². The number of thiophene rings is 1. The zero-order valence-electron chi connectivity index (χ0n) is 11.4. The van der Waals surface area contributed by atoms with Crippen LogP contribution in [-0.4, -0.2) is 22.3 Å². The van der Waals surface area contributed by atoms with Gasteiger partial charge in [-0.2, -0.15) is 11.3 Å². The lowest BCUT2D eigenvalue weighted by molar-refractivity contribution is -0.134. The van der Waals surface area contributed by atoms with Crippen molar-refractivity contribution >= 4 is 17.2 Å². The largest absolute Gasteiger partial charge is 0.334 e. The maximum Gasteiger partial charge on any atom is 0.227 e. The maximum absolute atomic E-state index is 12.6. The number of piperidine rings is 1. The van der Waals surface area contributed by atoms with Gasteiger partial charge in [0, 0.05) is 12.7 Å². The molecule has 3 heterocycles. The summed E-state index contributed by atoms with van der Waals surface area (Å²) in [6.45, 7) is 0.851. The van der Waals surface area contributed by atoms with E-state index in [9.17, 15) is 4.79 Å². The second kappa shape index (κ2) is 6.18. The Morgan fingerprint density at radius 1 is 1.35 bits per heavy atom. The van der Waals surface area contributed by atoms with Gasteiger partial charge < -0.3 is 4.90 Å². The number of amides is 1. The Morgan fingerprint density at radius 3 is 3.05 bits per heavy atom. The quantitative estimate of drug-likeness (QED) is 0.866. The normalized spacial score (nSPS) is 19.0. The van der Waals surface area contributed by atoms with Gasteiger partial charge in [0.1, 0.15) is 0 Å². The van der Waals surface area contributed by atoms with Gasteiger partial charge in [-0.1, -0.05) is 6.07 Å². The molecule has 1 atom stereocenters. The smallest absolute Gasteiger partial charge is 0.227 e. The summed E-state index contributed by atoms with van der Waals surface area (Å²) in [5, 5.41) is 4.08. The maximum atomic E-state index is 12.6. The first-order valence-electron chi connectivity index (χ1n) is 7.06. The molecule has 1 unspecified atom stereocenters. The van der Waals surface area contributed by atoms with E-state index in [1.54, 1.807) is 11.3 Å². The lowest BCUT2D eigenvalue weighted by Gasteiger charge is -2.35. The number of carbonyl (C=O) groups excluding carboxylic acids is 1. The molecule has 20 heavy (non-hydrogen) atoms. The SMILES string of the molecule is O=C(Cc1ccsc1)N1CCCCC1c1ccccn1. The van der Waals surface area contributed by atoms with Crippen LogP contribution < -0.4 is 0 Å². The van der Waals surface area contributed by atoms with E-state index in [1.807, 2.05) is 40.7 Å². The summed E-state index contributed by atoms with van der Waals surface area (Å²) in [5.74, 6) is 0.221. The molecule has 1 fully saturated rings. The van der Waals surface area contributed by atoms with Crippen molar-refractivity contribution in [3.8, 4) is 0 Å². The van der Waals surface area contributed by atoms with Gasteiger partial charge in [-0.15, -0.1) is 0 Å². The van der Waals surface area contributed by atoms with Gasteiger partial charge >= 0.3 is 0 Å². The molecule has 0 saturated carbocycles. The fraction of sp³-hybridized carbons (Fsp3) is 0.375. The lowest BCUT2D eigenvalue weighted by atomic mass is 9.98. The van der Waals surface area contributed by atoms with Crippen LogP contribution in [0.4, 0.5) is 0 Å². The zero-order valence-corrected chi connectivity index (χ0v) is 12.2. The second-order valence-electron chi connectivity index (χ2n) is 5.16. The number of aromatic nitrogens is 1. The third kappa shape index (κ3) is 2.90. The monoisotopic (exact) mass is 286 g/mol. The van der Waals surface area contributed by atoms with Crippen LogP contribution in [-0.2, 0) is 11.2 Å². The fourth-order valence-electron chi connectivity index (χ4n) is 2.78. The molecule has 1 aliphatic heterocycles. The first-order chi connectivity index (χ1) is 9.84. The van der Waals surface area contributed by atoms with E-state index in [-0.39, 0.29) is 11.9 Å². The number of carbonyl (C=O) groups is 1. The van der Waals surface area contributed by atoms with E-state index in [1.165, 1.54) is 6.42 Å². The second-order valence-corrected chi connectivity index (χ2v) is 5.94. The van der Waals surface area contributed by atoms with Crippen LogP contribution in [0.1, 0.15) is 36.6 Å². The Labute approximate surface area is 123 Å². The van der Waals surface area contributed by atoms with Crippen molar-refractivity contribution in [2.75, 3.05) is 6.54 Å². The highest BCUT2D eigenvalue weighted by Crippen LogP contribution is 2.30. The van der Waals surface area contributed by atoms with E-state index < -0.39 is 0 Å². The molecule has 2 aromatic heterocycles. The van der Waals surface area contributed by atoms with Crippen LogP contribution >= 0.6 is 11.3 Å². The van der Waals surface area contributed by atoms with Crippen LogP contribution in [0.3, 0.4) is 0 Å². The van der Waals surface area contributed by atoms with E-state index in [0.29, 0.717) is 6.42 Å². The van der Waals surface area contributed by atoms with E-state index in [4.69, 9.17) is 0 Å². The molecule has 4 heteroatoms. The molecule has 3 rings (SSSR count). The number of rotatable bonds is 3. The first kappa shape index (κ1) is 13.3. The molecule has 1 amide bonds. The molecular formula is C16H18N2OS. The Bertz CT molecular complexity index is 553. The molecule has 104 valence electrons. The van der Waals surface area contributed by atoms with Crippen molar-refractivity contribution in [3.05, 3.63) is 52.5 Å². The number of likely N-dealkylation sites (tertiary alicyclic amines) is 1. The Hall–Kier alpha value is -1.68. The van der Waals surface area contributed by atoms with Crippen molar-refractivity contribution < 1.29 is 4.79 Å². The minimum atomic E-state index is 0.149. The summed E-state index contributed by atoms with van der Waals surface area (Å²) >= 11 is 1.64. The Kier molecular flexibility index (Phi) is 4.11. The molecule has 1 aliphatic rings. The summed E-state index contributed by atoms with van der Waals surface area (Å²) in [5.41, 5.74) is 2.14. The van der Waals surface area contributed by atoms with Crippen LogP contribution in [0.15, 0.2) is 41.2 Å². The Morgan fingerprint density at radius 2 is 2.30 bits per heavy atom. The minimum absolute atomic E-state index is 0.149. The minimum Gasteiger partial charge on any atom is -0.334 e. The molecule has 0 aliphatic carbocycles. The lowest BCUT2D eigenvalue weighted by Crippen LogP contribution is -2.39. The predicted octanol–water partition coefficient (Wildman–Crippen LogP) is 3.44. The van der Waals surface area contributed by atoms with Crippen LogP contribution in [0.5, 0.6) is 0 Å². The summed E-state index contributed by atoms with van der Waals surface area (Å²) < 4.78 is 0. The molecule has 0 N–H and O–H groups in total. The fourth-order valence-corrected chi connectivity index (χ4v) is 3.45. The number of hydrogen-bond donors (Lipinski definition) is 0. The summed E-state index contributed by atoms with van der Waals surface area (Å²) in [6, 6.07) is 8.13. The average Bonchev–Trinajstić information content (AvgIpc) is 3.01. The topological polar surface area (TPSA) is 33.2 Å². The van der Waals surface area contributed by atoms with Crippen molar-refractivity contribution in [1.82, 2.24) is 9.88 Å². The van der Waals surface area contributed by atoms with E-state index in [2.05, 4.69) is 10.4 Å². The van der Waals surface area contributed by atoms with Crippen molar-refractivity contribution in [2.24, 2.45) is 0 Å². The summed E-state index contributed by atoms with van der Waals surface area (Å²) in [7, 11) is 0. The molecule has 0 aromatic carbocycles. The van der Waals surface area contributed by atoms with Gasteiger partial charge in [-0.05, 0) is 53.8 Å². The first-order valence-corrected chi connectivity index (χ1v) is 8.00. The molecule has 3 nitrogen and oxygen atoms in total. The van der Waals surface area contributed by atoms with Crippen molar-refractivity contribution in [1.29, 1.82) is 0 Å². The third-order valence-corrected chi connectivity index (χ3v) is 4.52. The summed E-state index contributed by atoms with van der Waals surface area (Å²) in [6.07, 6.45) is 5.60. The van der Waals surface area contributed by atoms with Gasteiger partial charge in [0.05, 0.1) is 18.2 Å². The highest BCUT2D eigenvalue weighted by atomic mass is 32.1. The van der Waals surface area contributed by atoms with Crippen molar-refractivity contribution in [2.45, 2.75) is 31.7 Å². The van der Waals surface area contributed by atoms with Crippen LogP contribution in [0.2, 0.25) is 0 Å². The van der Waals surface area contributed by atoms with Gasteiger partial charge in [-0.3, -0.25) is 9.78 Å². The molecule has 2 aromatic rings. The third-order valence-electron chi connectivity index (χ3n) is 3.79. The van der Waals surface area contributed by atoms with Gasteiger partial charge in [0.25, 0.3) is 0 Å². The molecule has 0 bridgehead atoms. The predicted molar refractivity (Wildman–Crippen MR) is 80.6 cm³/mol. The molecule has 0 radical (unpaired) electrons. The zero-order chi connectivity index (χ0) is 13.8. The highest BCUT2D eigenvalue weighted by molar-refractivity contribution is 7.07. The van der Waals surface area contributed by atoms with E-state index in [0.717, 1.165) is 30.6 Å². The summed E-state index contributed by atoms with van der Waals surface area (Å²) in [4.78, 5) is 19.0. The molecule has 1 saturated heterocycles. The van der Waals surface area contributed by atoms with Crippen molar-refractivity contribution in [3.63, 3.8) is 0 Å². The number of nitrogens with zero attached hydrogens (tertiary/aromatic N) is 2. The highest BCUT2D eigenvalue weighted by Gasteiger charge is 2.28. The van der Waals surface area contributed by atoms with Gasteiger partial charge in [-0.25, -0.2) is 0 Å². The average molecular weight is 286 g/mol. The van der Waals surface area contributed by atoms with Crippen LogP contribution in [0, 0.1) is 0 Å². The standard InChI is InChI=1S/C16H18N2OS/c19-16(11-13-7-10-20-12-13)18-9-4-2-6-15(18)14-5-1-3-8-17-14/h1,3,5,7-8,10,12,15H,2,4,6,9,11H2. The number of pyridine rings is 1. The number of hydrogen-bond acceptors (Lipinski definition) is 3.